The van der Waals surface area contributed by atoms with Gasteiger partial charge in [-0.15, -0.1) is 0 Å². The van der Waals surface area contributed by atoms with Gasteiger partial charge in [-0.2, -0.15) is 0 Å². The maximum atomic E-state index is 6.07. The molecule has 4 rings (SSSR count). The van der Waals surface area contributed by atoms with Gasteiger partial charge >= 0.3 is 0 Å². The van der Waals surface area contributed by atoms with Crippen LogP contribution in [0.25, 0.3) is 0 Å². The zero-order valence-corrected chi connectivity index (χ0v) is 10.5. The Labute approximate surface area is 111 Å². The molecule has 0 radical (unpaired) electrons. The summed E-state index contributed by atoms with van der Waals surface area (Å²) in [5.74, 6) is 0.872. The van der Waals surface area contributed by atoms with Crippen molar-refractivity contribution in [3.8, 4) is 5.75 Å². The number of nitrogens with zero attached hydrogens (tertiary/aromatic N) is 1. The highest BCUT2D eigenvalue weighted by atomic mass is 16.6. The van der Waals surface area contributed by atoms with Crippen LogP contribution in [0.2, 0.25) is 0 Å². The Morgan fingerprint density at radius 2 is 2.21 bits per heavy atom. The minimum atomic E-state index is -0.538. The average Bonchev–Trinajstić information content (AvgIpc) is 2.82. The van der Waals surface area contributed by atoms with E-state index in [1.54, 1.807) is 0 Å². The number of ether oxygens (including phenoxy) is 3. The molecule has 5 heteroatoms. The summed E-state index contributed by atoms with van der Waals surface area (Å²) in [6.45, 7) is 1.17. The number of hydrogen-bond donors (Lipinski definition) is 1. The number of rotatable bonds is 0. The van der Waals surface area contributed by atoms with Crippen LogP contribution in [-0.4, -0.2) is 31.4 Å². The Morgan fingerprint density at radius 3 is 3.05 bits per heavy atom. The van der Waals surface area contributed by atoms with Crippen LogP contribution in [0.1, 0.15) is 18.4 Å². The fourth-order valence-corrected chi connectivity index (χ4v) is 3.29. The van der Waals surface area contributed by atoms with E-state index in [0.29, 0.717) is 6.61 Å². The van der Waals surface area contributed by atoms with Crippen molar-refractivity contribution in [2.45, 2.75) is 30.6 Å². The molecule has 0 aromatic heterocycles. The van der Waals surface area contributed by atoms with Crippen LogP contribution in [0.15, 0.2) is 29.3 Å². The quantitative estimate of drug-likeness (QED) is 0.760. The average molecular weight is 260 g/mol. The van der Waals surface area contributed by atoms with Gasteiger partial charge in [-0.1, -0.05) is 18.2 Å². The molecule has 1 saturated heterocycles. The predicted octanol–water partition coefficient (Wildman–Crippen LogP) is 1.17. The smallest absolute Gasteiger partial charge is 0.283 e. The van der Waals surface area contributed by atoms with Crippen LogP contribution in [0.3, 0.4) is 0 Å². The molecule has 3 heterocycles. The highest BCUT2D eigenvalue weighted by Gasteiger charge is 2.55. The summed E-state index contributed by atoms with van der Waals surface area (Å²) in [5, 5.41) is 0. The van der Waals surface area contributed by atoms with Gasteiger partial charge in [0.1, 0.15) is 24.6 Å². The maximum Gasteiger partial charge on any atom is 0.283 e. The first-order valence-electron chi connectivity index (χ1n) is 6.65. The van der Waals surface area contributed by atoms with Crippen molar-refractivity contribution in [3.05, 3.63) is 29.8 Å². The van der Waals surface area contributed by atoms with Gasteiger partial charge in [0.2, 0.25) is 0 Å². The Kier molecular flexibility index (Phi) is 2.26. The SMILES string of the molecule is NC1=NC2(CO1)c1ccccc1OC1CCCOC12. The Hall–Kier alpha value is -1.75. The normalized spacial score (nSPS) is 35.9. The van der Waals surface area contributed by atoms with Gasteiger partial charge < -0.3 is 19.9 Å². The van der Waals surface area contributed by atoms with Crippen molar-refractivity contribution in [1.29, 1.82) is 0 Å². The topological polar surface area (TPSA) is 66.1 Å². The summed E-state index contributed by atoms with van der Waals surface area (Å²) < 4.78 is 17.5. The van der Waals surface area contributed by atoms with E-state index >= 15 is 0 Å². The molecule has 2 N–H and O–H groups in total. The van der Waals surface area contributed by atoms with E-state index in [-0.39, 0.29) is 18.2 Å². The number of fused-ring (bicyclic) bond motifs is 4. The van der Waals surface area contributed by atoms with Crippen molar-refractivity contribution in [2.75, 3.05) is 13.2 Å². The number of amidine groups is 1. The predicted molar refractivity (Wildman–Crippen MR) is 69.1 cm³/mol. The summed E-state index contributed by atoms with van der Waals surface area (Å²) in [5.41, 5.74) is 6.23. The van der Waals surface area contributed by atoms with Crippen molar-refractivity contribution < 1.29 is 14.2 Å². The molecule has 1 aromatic carbocycles. The molecule has 1 aromatic rings. The second kappa shape index (κ2) is 3.87. The molecule has 3 atom stereocenters. The first kappa shape index (κ1) is 11.1. The standard InChI is InChI=1S/C14H16N2O3/c15-13-16-14(8-18-13)9-4-1-2-5-10(9)19-11-6-3-7-17-12(11)14/h1-2,4-5,11-12H,3,6-8H2,(H2,15,16). The minimum absolute atomic E-state index is 0.0295. The van der Waals surface area contributed by atoms with Crippen molar-refractivity contribution in [1.82, 2.24) is 0 Å². The van der Waals surface area contributed by atoms with Crippen LogP contribution in [0, 0.1) is 0 Å². The maximum absolute atomic E-state index is 6.07. The summed E-state index contributed by atoms with van der Waals surface area (Å²) in [6.07, 6.45) is 1.91. The van der Waals surface area contributed by atoms with E-state index in [4.69, 9.17) is 19.9 Å². The van der Waals surface area contributed by atoms with Gasteiger partial charge in [-0.05, 0) is 18.9 Å². The Balaban J connectivity index is 1.89. The van der Waals surface area contributed by atoms with Crippen LogP contribution < -0.4 is 10.5 Å². The highest BCUT2D eigenvalue weighted by Crippen LogP contribution is 2.47. The third-order valence-electron chi connectivity index (χ3n) is 4.12. The van der Waals surface area contributed by atoms with Crippen molar-refractivity contribution in [3.63, 3.8) is 0 Å². The monoisotopic (exact) mass is 260 g/mol. The number of hydrogen-bond acceptors (Lipinski definition) is 5. The van der Waals surface area contributed by atoms with Crippen molar-refractivity contribution in [2.24, 2.45) is 10.7 Å². The molecule has 5 nitrogen and oxygen atoms in total. The van der Waals surface area contributed by atoms with Crippen LogP contribution in [0.5, 0.6) is 5.75 Å². The van der Waals surface area contributed by atoms with E-state index in [9.17, 15) is 0 Å². The van der Waals surface area contributed by atoms with E-state index in [2.05, 4.69) is 4.99 Å². The first-order chi connectivity index (χ1) is 9.29. The third-order valence-corrected chi connectivity index (χ3v) is 4.12. The second-order valence-electron chi connectivity index (χ2n) is 5.25. The summed E-state index contributed by atoms with van der Waals surface area (Å²) in [4.78, 5) is 4.57. The number of benzene rings is 1. The molecule has 1 spiro atoms. The molecular formula is C14H16N2O3. The lowest BCUT2D eigenvalue weighted by molar-refractivity contribution is -0.117. The molecule has 1 fully saturated rings. The number of aliphatic imine (C=N–C) groups is 1. The van der Waals surface area contributed by atoms with Gasteiger partial charge in [-0.3, -0.25) is 0 Å². The Morgan fingerprint density at radius 1 is 1.32 bits per heavy atom. The van der Waals surface area contributed by atoms with Gasteiger partial charge in [0.05, 0.1) is 0 Å². The second-order valence-corrected chi connectivity index (χ2v) is 5.25. The van der Waals surface area contributed by atoms with Crippen LogP contribution in [0.4, 0.5) is 0 Å². The van der Waals surface area contributed by atoms with Crippen LogP contribution >= 0.6 is 0 Å². The summed E-state index contributed by atoms with van der Waals surface area (Å²) >= 11 is 0. The lowest BCUT2D eigenvalue weighted by Gasteiger charge is -2.45. The molecule has 19 heavy (non-hydrogen) atoms. The van der Waals surface area contributed by atoms with Crippen molar-refractivity contribution >= 4 is 6.02 Å². The highest BCUT2D eigenvalue weighted by molar-refractivity contribution is 5.74. The Bertz CT molecular complexity index is 545. The minimum Gasteiger partial charge on any atom is -0.487 e. The molecule has 0 saturated carbocycles. The summed E-state index contributed by atoms with van der Waals surface area (Å²) in [7, 11) is 0. The van der Waals surface area contributed by atoms with Gasteiger partial charge in [0.15, 0.2) is 5.54 Å². The lowest BCUT2D eigenvalue weighted by Crippen LogP contribution is -2.55. The summed E-state index contributed by atoms with van der Waals surface area (Å²) in [6, 6.07) is 8.20. The zero-order valence-electron chi connectivity index (χ0n) is 10.5. The van der Waals surface area contributed by atoms with E-state index in [1.165, 1.54) is 0 Å². The van der Waals surface area contributed by atoms with Gasteiger partial charge in [0, 0.05) is 12.2 Å². The first-order valence-corrected chi connectivity index (χ1v) is 6.65. The molecular weight excluding hydrogens is 244 g/mol. The fraction of sp³-hybridized carbons (Fsp3) is 0.500. The van der Waals surface area contributed by atoms with E-state index < -0.39 is 5.54 Å². The van der Waals surface area contributed by atoms with Gasteiger partial charge in [-0.25, -0.2) is 4.99 Å². The van der Waals surface area contributed by atoms with E-state index in [0.717, 1.165) is 30.8 Å². The molecule has 3 aliphatic heterocycles. The molecule has 3 aliphatic rings. The van der Waals surface area contributed by atoms with E-state index in [1.807, 2.05) is 24.3 Å². The molecule has 0 amide bonds. The lowest BCUT2D eigenvalue weighted by atomic mass is 9.78. The third kappa shape index (κ3) is 1.48. The van der Waals surface area contributed by atoms with Crippen LogP contribution in [-0.2, 0) is 15.0 Å². The molecule has 3 unspecified atom stereocenters. The fourth-order valence-electron chi connectivity index (χ4n) is 3.29. The molecule has 0 aliphatic carbocycles. The number of para-hydroxylation sites is 1. The van der Waals surface area contributed by atoms with Gasteiger partial charge in [0.25, 0.3) is 6.02 Å². The molecule has 0 bridgehead atoms. The zero-order chi connectivity index (χ0) is 12.9. The number of nitrogens with two attached hydrogens (primary N) is 1. The molecule has 100 valence electrons. The largest absolute Gasteiger partial charge is 0.487 e.